The average molecular weight is 382 g/mol. The molecule has 0 radical (unpaired) electrons. The quantitative estimate of drug-likeness (QED) is 0.846. The standard InChI is InChI=1S/C17H13F3N2O3S/c1-25-17(24)22-13-7-26-15-9(3-5-11(19)14(13)15)16(23)21-8-2-4-10(18)12(20)6-8/h2-6,13H,7H2,1H3,(H,21,23)(H,22,24). The van der Waals surface area contributed by atoms with E-state index < -0.39 is 35.5 Å². The van der Waals surface area contributed by atoms with Crippen molar-refractivity contribution in [2.75, 3.05) is 18.2 Å². The molecule has 2 amide bonds. The third-order valence-electron chi connectivity index (χ3n) is 3.79. The summed E-state index contributed by atoms with van der Waals surface area (Å²) in [5, 5.41) is 4.96. The molecule has 0 saturated heterocycles. The zero-order valence-corrected chi connectivity index (χ0v) is 14.3. The lowest BCUT2D eigenvalue weighted by Crippen LogP contribution is -2.29. The van der Waals surface area contributed by atoms with E-state index in [1.165, 1.54) is 31.0 Å². The lowest BCUT2D eigenvalue weighted by atomic mass is 10.0. The highest BCUT2D eigenvalue weighted by molar-refractivity contribution is 7.99. The van der Waals surface area contributed by atoms with Crippen LogP contribution in [0.2, 0.25) is 0 Å². The van der Waals surface area contributed by atoms with Crippen LogP contribution in [0.1, 0.15) is 22.0 Å². The van der Waals surface area contributed by atoms with Crippen LogP contribution in [0.25, 0.3) is 0 Å². The number of hydrogen-bond donors (Lipinski definition) is 2. The molecule has 0 bridgehead atoms. The van der Waals surface area contributed by atoms with E-state index in [4.69, 9.17) is 0 Å². The van der Waals surface area contributed by atoms with E-state index >= 15 is 0 Å². The molecule has 1 atom stereocenters. The van der Waals surface area contributed by atoms with Crippen LogP contribution in [0.3, 0.4) is 0 Å². The molecule has 1 heterocycles. The van der Waals surface area contributed by atoms with Crippen LogP contribution in [-0.4, -0.2) is 24.9 Å². The number of halogens is 3. The fourth-order valence-corrected chi connectivity index (χ4v) is 3.87. The highest BCUT2D eigenvalue weighted by atomic mass is 32.2. The monoisotopic (exact) mass is 382 g/mol. The van der Waals surface area contributed by atoms with Crippen LogP contribution in [0.15, 0.2) is 35.2 Å². The first-order valence-electron chi connectivity index (χ1n) is 7.46. The smallest absolute Gasteiger partial charge is 0.407 e. The molecular weight excluding hydrogens is 369 g/mol. The Hall–Kier alpha value is -2.68. The first kappa shape index (κ1) is 18.1. The molecule has 2 N–H and O–H groups in total. The van der Waals surface area contributed by atoms with Crippen molar-refractivity contribution in [3.8, 4) is 0 Å². The second-order valence-electron chi connectivity index (χ2n) is 5.42. The summed E-state index contributed by atoms with van der Waals surface area (Å²) < 4.78 is 45.0. The Labute approximate surface area is 150 Å². The number of alkyl carbamates (subject to hydrolysis) is 1. The van der Waals surface area contributed by atoms with Gasteiger partial charge in [0.25, 0.3) is 5.91 Å². The zero-order chi connectivity index (χ0) is 18.8. The Bertz CT molecular complexity index is 892. The topological polar surface area (TPSA) is 67.4 Å². The lowest BCUT2D eigenvalue weighted by Gasteiger charge is -2.14. The molecule has 0 saturated carbocycles. The van der Waals surface area contributed by atoms with E-state index in [0.29, 0.717) is 10.6 Å². The number of fused-ring (bicyclic) bond motifs is 1. The van der Waals surface area contributed by atoms with Gasteiger partial charge < -0.3 is 15.4 Å². The molecule has 1 aliphatic rings. The van der Waals surface area contributed by atoms with Gasteiger partial charge in [-0.3, -0.25) is 4.79 Å². The Morgan fingerprint density at radius 2 is 1.85 bits per heavy atom. The second-order valence-corrected chi connectivity index (χ2v) is 6.45. The van der Waals surface area contributed by atoms with Gasteiger partial charge in [-0.15, -0.1) is 11.8 Å². The molecule has 136 valence electrons. The van der Waals surface area contributed by atoms with Crippen LogP contribution in [0.5, 0.6) is 0 Å². The van der Waals surface area contributed by atoms with Crippen molar-refractivity contribution in [2.24, 2.45) is 0 Å². The highest BCUT2D eigenvalue weighted by Crippen LogP contribution is 2.42. The first-order chi connectivity index (χ1) is 12.4. The molecule has 3 rings (SSSR count). The Balaban J connectivity index is 1.88. The first-order valence-corrected chi connectivity index (χ1v) is 8.45. The molecule has 0 aromatic heterocycles. The van der Waals surface area contributed by atoms with Gasteiger partial charge in [0.2, 0.25) is 0 Å². The van der Waals surface area contributed by atoms with E-state index in [2.05, 4.69) is 15.4 Å². The zero-order valence-electron chi connectivity index (χ0n) is 13.4. The third-order valence-corrected chi connectivity index (χ3v) is 5.01. The minimum atomic E-state index is -1.09. The van der Waals surface area contributed by atoms with Gasteiger partial charge in [0.05, 0.1) is 18.7 Å². The summed E-state index contributed by atoms with van der Waals surface area (Å²) in [4.78, 5) is 24.3. The molecule has 2 aromatic carbocycles. The van der Waals surface area contributed by atoms with E-state index in [-0.39, 0.29) is 16.8 Å². The molecule has 9 heteroatoms. The number of ether oxygens (including phenoxy) is 1. The molecule has 2 aromatic rings. The Morgan fingerprint density at radius 1 is 1.12 bits per heavy atom. The van der Waals surface area contributed by atoms with Gasteiger partial charge in [-0.05, 0) is 24.3 Å². The lowest BCUT2D eigenvalue weighted by molar-refractivity contribution is 0.102. The number of benzene rings is 2. The summed E-state index contributed by atoms with van der Waals surface area (Å²) in [6.07, 6.45) is -0.709. The van der Waals surface area contributed by atoms with E-state index in [9.17, 15) is 22.8 Å². The van der Waals surface area contributed by atoms with E-state index in [1.807, 2.05) is 0 Å². The fraction of sp³-hybridized carbons (Fsp3) is 0.176. The van der Waals surface area contributed by atoms with Crippen molar-refractivity contribution in [2.45, 2.75) is 10.9 Å². The van der Waals surface area contributed by atoms with Crippen molar-refractivity contribution in [1.82, 2.24) is 5.32 Å². The van der Waals surface area contributed by atoms with Crippen LogP contribution < -0.4 is 10.6 Å². The summed E-state index contributed by atoms with van der Waals surface area (Å²) in [5.41, 5.74) is 0.433. The van der Waals surface area contributed by atoms with Crippen molar-refractivity contribution in [3.05, 3.63) is 58.9 Å². The van der Waals surface area contributed by atoms with Crippen LogP contribution in [-0.2, 0) is 4.74 Å². The van der Waals surface area contributed by atoms with Gasteiger partial charge in [-0.1, -0.05) is 0 Å². The molecule has 0 aliphatic carbocycles. The van der Waals surface area contributed by atoms with Gasteiger partial charge in [-0.25, -0.2) is 18.0 Å². The number of anilines is 1. The molecule has 1 unspecified atom stereocenters. The van der Waals surface area contributed by atoms with Gasteiger partial charge in [0.1, 0.15) is 5.82 Å². The van der Waals surface area contributed by atoms with Crippen LogP contribution >= 0.6 is 11.8 Å². The predicted octanol–water partition coefficient (Wildman–Crippen LogP) is 3.86. The average Bonchev–Trinajstić information content (AvgIpc) is 3.02. The molecule has 0 fully saturated rings. The summed E-state index contributed by atoms with van der Waals surface area (Å²) >= 11 is 1.21. The number of carbonyl (C=O) groups excluding carboxylic acids is 2. The minimum Gasteiger partial charge on any atom is -0.453 e. The summed E-state index contributed by atoms with van der Waals surface area (Å²) in [7, 11) is 1.19. The summed E-state index contributed by atoms with van der Waals surface area (Å²) in [5.74, 6) is -2.95. The summed E-state index contributed by atoms with van der Waals surface area (Å²) in [6.45, 7) is 0. The maximum atomic E-state index is 14.2. The number of nitrogens with one attached hydrogen (secondary N) is 2. The second kappa shape index (κ2) is 7.28. The van der Waals surface area contributed by atoms with Crippen molar-refractivity contribution in [3.63, 3.8) is 0 Å². The number of methoxy groups -OCH3 is 1. The Kier molecular flexibility index (Phi) is 5.08. The predicted molar refractivity (Wildman–Crippen MR) is 89.7 cm³/mol. The minimum absolute atomic E-state index is 0.0687. The molecule has 5 nitrogen and oxygen atoms in total. The van der Waals surface area contributed by atoms with Crippen LogP contribution in [0, 0.1) is 17.5 Å². The van der Waals surface area contributed by atoms with Crippen molar-refractivity contribution >= 4 is 29.4 Å². The SMILES string of the molecule is COC(=O)NC1CSc2c(C(=O)Nc3ccc(F)c(F)c3)ccc(F)c21. The highest BCUT2D eigenvalue weighted by Gasteiger charge is 2.32. The molecule has 1 aliphatic heterocycles. The number of thioether (sulfide) groups is 1. The fourth-order valence-electron chi connectivity index (χ4n) is 2.57. The number of carbonyl (C=O) groups is 2. The van der Waals surface area contributed by atoms with Gasteiger partial charge in [0, 0.05) is 28.0 Å². The maximum absolute atomic E-state index is 14.2. The maximum Gasteiger partial charge on any atom is 0.407 e. The van der Waals surface area contributed by atoms with Crippen molar-refractivity contribution in [1.29, 1.82) is 0 Å². The summed E-state index contributed by atoms with van der Waals surface area (Å²) in [6, 6.07) is 4.75. The van der Waals surface area contributed by atoms with E-state index in [0.717, 1.165) is 18.2 Å². The largest absolute Gasteiger partial charge is 0.453 e. The number of hydrogen-bond acceptors (Lipinski definition) is 4. The van der Waals surface area contributed by atoms with Crippen molar-refractivity contribution < 1.29 is 27.5 Å². The Morgan fingerprint density at radius 3 is 2.54 bits per heavy atom. The molecule has 26 heavy (non-hydrogen) atoms. The molecule has 0 spiro atoms. The normalized spacial score (nSPS) is 15.3. The van der Waals surface area contributed by atoms with Gasteiger partial charge in [-0.2, -0.15) is 0 Å². The van der Waals surface area contributed by atoms with Crippen LogP contribution in [0.4, 0.5) is 23.7 Å². The van der Waals surface area contributed by atoms with E-state index in [1.54, 1.807) is 0 Å². The molecular formula is C17H13F3N2O3S. The third kappa shape index (κ3) is 3.48. The van der Waals surface area contributed by atoms with Gasteiger partial charge in [0.15, 0.2) is 11.6 Å². The number of amides is 2. The number of rotatable bonds is 3. The van der Waals surface area contributed by atoms with Gasteiger partial charge >= 0.3 is 6.09 Å².